The molecule has 2 aliphatic rings. The van der Waals surface area contributed by atoms with E-state index in [0.29, 0.717) is 0 Å². The van der Waals surface area contributed by atoms with Crippen LogP contribution in [0.25, 0.3) is 0 Å². The van der Waals surface area contributed by atoms with E-state index in [1.54, 1.807) is 5.56 Å². The SMILES string of the molecule is CC(C)CNCC1CCCCC1c1ccc2c(c1)CCO2. The van der Waals surface area contributed by atoms with Crippen LogP contribution in [-0.2, 0) is 6.42 Å². The first-order valence-electron chi connectivity index (χ1n) is 8.70. The van der Waals surface area contributed by atoms with Crippen LogP contribution in [0.15, 0.2) is 18.2 Å². The summed E-state index contributed by atoms with van der Waals surface area (Å²) in [4.78, 5) is 0. The average Bonchev–Trinajstić information content (AvgIpc) is 2.95. The van der Waals surface area contributed by atoms with Gasteiger partial charge in [-0.3, -0.25) is 0 Å². The number of rotatable bonds is 5. The van der Waals surface area contributed by atoms with Crippen LogP contribution in [0.1, 0.15) is 56.6 Å². The van der Waals surface area contributed by atoms with Gasteiger partial charge in [0.1, 0.15) is 5.75 Å². The molecule has 1 aliphatic carbocycles. The molecule has 0 aromatic heterocycles. The Labute approximate surface area is 129 Å². The second kappa shape index (κ2) is 6.83. The fourth-order valence-corrected chi connectivity index (χ4v) is 3.89. The maximum absolute atomic E-state index is 5.65. The van der Waals surface area contributed by atoms with Gasteiger partial charge in [0.05, 0.1) is 6.61 Å². The van der Waals surface area contributed by atoms with Gasteiger partial charge in [0, 0.05) is 6.42 Å². The molecule has 2 nitrogen and oxygen atoms in total. The second-order valence-electron chi connectivity index (χ2n) is 7.17. The lowest BCUT2D eigenvalue weighted by molar-refractivity contribution is 0.292. The van der Waals surface area contributed by atoms with Gasteiger partial charge in [0.25, 0.3) is 0 Å². The van der Waals surface area contributed by atoms with E-state index in [9.17, 15) is 0 Å². The molecule has 1 N–H and O–H groups in total. The summed E-state index contributed by atoms with van der Waals surface area (Å²) in [7, 11) is 0. The number of hydrogen-bond acceptors (Lipinski definition) is 2. The fourth-order valence-electron chi connectivity index (χ4n) is 3.89. The van der Waals surface area contributed by atoms with Crippen LogP contribution in [0.3, 0.4) is 0 Å². The first-order chi connectivity index (χ1) is 10.2. The van der Waals surface area contributed by atoms with Crippen LogP contribution in [0.5, 0.6) is 5.75 Å². The summed E-state index contributed by atoms with van der Waals surface area (Å²) in [5.41, 5.74) is 2.97. The summed E-state index contributed by atoms with van der Waals surface area (Å²) in [6.07, 6.45) is 6.61. The minimum absolute atomic E-state index is 0.740. The maximum Gasteiger partial charge on any atom is 0.122 e. The largest absolute Gasteiger partial charge is 0.493 e. The Morgan fingerprint density at radius 3 is 2.95 bits per heavy atom. The Morgan fingerprint density at radius 2 is 2.10 bits per heavy atom. The molecule has 2 atom stereocenters. The van der Waals surface area contributed by atoms with Crippen molar-refractivity contribution in [2.45, 2.75) is 51.9 Å². The molecule has 1 fully saturated rings. The van der Waals surface area contributed by atoms with E-state index in [1.807, 2.05) is 0 Å². The van der Waals surface area contributed by atoms with Crippen molar-refractivity contribution in [3.63, 3.8) is 0 Å². The van der Waals surface area contributed by atoms with Crippen molar-refractivity contribution in [2.75, 3.05) is 19.7 Å². The van der Waals surface area contributed by atoms with Crippen molar-refractivity contribution in [2.24, 2.45) is 11.8 Å². The van der Waals surface area contributed by atoms with E-state index in [1.165, 1.54) is 37.8 Å². The smallest absolute Gasteiger partial charge is 0.122 e. The van der Waals surface area contributed by atoms with Crippen LogP contribution in [0.4, 0.5) is 0 Å². The van der Waals surface area contributed by atoms with Crippen LogP contribution in [0.2, 0.25) is 0 Å². The number of benzene rings is 1. The van der Waals surface area contributed by atoms with Gasteiger partial charge in [-0.05, 0) is 60.9 Å². The third-order valence-corrected chi connectivity index (χ3v) is 5.01. The highest BCUT2D eigenvalue weighted by atomic mass is 16.5. The summed E-state index contributed by atoms with van der Waals surface area (Å²) >= 11 is 0. The van der Waals surface area contributed by atoms with Gasteiger partial charge in [-0.2, -0.15) is 0 Å². The van der Waals surface area contributed by atoms with E-state index in [4.69, 9.17) is 4.74 Å². The Hall–Kier alpha value is -1.02. The average molecular weight is 287 g/mol. The molecular weight excluding hydrogens is 258 g/mol. The molecule has 3 rings (SSSR count). The monoisotopic (exact) mass is 287 g/mol. The quantitative estimate of drug-likeness (QED) is 0.878. The van der Waals surface area contributed by atoms with Crippen LogP contribution in [0, 0.1) is 11.8 Å². The molecule has 1 aromatic rings. The predicted molar refractivity (Wildman–Crippen MR) is 88.0 cm³/mol. The second-order valence-corrected chi connectivity index (χ2v) is 7.17. The third kappa shape index (κ3) is 3.60. The topological polar surface area (TPSA) is 21.3 Å². The highest BCUT2D eigenvalue weighted by molar-refractivity contribution is 5.41. The third-order valence-electron chi connectivity index (χ3n) is 5.01. The minimum atomic E-state index is 0.740. The summed E-state index contributed by atoms with van der Waals surface area (Å²) in [6, 6.07) is 6.94. The normalized spacial score (nSPS) is 24.9. The summed E-state index contributed by atoms with van der Waals surface area (Å²) < 4.78 is 5.65. The molecule has 0 amide bonds. The Kier molecular flexibility index (Phi) is 4.84. The molecule has 1 saturated carbocycles. The Morgan fingerprint density at radius 1 is 1.24 bits per heavy atom. The van der Waals surface area contributed by atoms with Gasteiger partial charge < -0.3 is 10.1 Å². The molecule has 1 aliphatic heterocycles. The molecule has 0 bridgehead atoms. The molecule has 116 valence electrons. The molecule has 1 aromatic carbocycles. The van der Waals surface area contributed by atoms with Crippen molar-refractivity contribution in [3.8, 4) is 5.75 Å². The van der Waals surface area contributed by atoms with Gasteiger partial charge in [-0.25, -0.2) is 0 Å². The summed E-state index contributed by atoms with van der Waals surface area (Å²) in [6.45, 7) is 7.75. The van der Waals surface area contributed by atoms with Crippen LogP contribution in [-0.4, -0.2) is 19.7 Å². The highest BCUT2D eigenvalue weighted by Crippen LogP contribution is 2.39. The zero-order valence-corrected chi connectivity index (χ0v) is 13.5. The highest BCUT2D eigenvalue weighted by Gasteiger charge is 2.27. The summed E-state index contributed by atoms with van der Waals surface area (Å²) in [5, 5.41) is 3.68. The lowest BCUT2D eigenvalue weighted by Crippen LogP contribution is -2.31. The van der Waals surface area contributed by atoms with Crippen LogP contribution < -0.4 is 10.1 Å². The number of hydrogen-bond donors (Lipinski definition) is 1. The van der Waals surface area contributed by atoms with E-state index in [2.05, 4.69) is 37.4 Å². The molecule has 2 heteroatoms. The lowest BCUT2D eigenvalue weighted by atomic mass is 9.75. The van der Waals surface area contributed by atoms with Crippen molar-refractivity contribution in [3.05, 3.63) is 29.3 Å². The number of fused-ring (bicyclic) bond motifs is 1. The van der Waals surface area contributed by atoms with E-state index < -0.39 is 0 Å². The first-order valence-corrected chi connectivity index (χ1v) is 8.70. The molecular formula is C19H29NO. The van der Waals surface area contributed by atoms with E-state index >= 15 is 0 Å². The zero-order valence-electron chi connectivity index (χ0n) is 13.5. The van der Waals surface area contributed by atoms with Crippen molar-refractivity contribution < 1.29 is 4.74 Å². The fraction of sp³-hybridized carbons (Fsp3) is 0.684. The molecule has 21 heavy (non-hydrogen) atoms. The zero-order chi connectivity index (χ0) is 14.7. The molecule has 0 radical (unpaired) electrons. The van der Waals surface area contributed by atoms with Crippen molar-refractivity contribution in [1.29, 1.82) is 0 Å². The van der Waals surface area contributed by atoms with Gasteiger partial charge >= 0.3 is 0 Å². The van der Waals surface area contributed by atoms with Gasteiger partial charge in [0.15, 0.2) is 0 Å². The standard InChI is InChI=1S/C19H29NO/c1-14(2)12-20-13-17-5-3-4-6-18(17)15-7-8-19-16(11-15)9-10-21-19/h7-8,11,14,17-18,20H,3-6,9-10,12-13H2,1-2H3. The van der Waals surface area contributed by atoms with Gasteiger partial charge in [-0.1, -0.05) is 38.8 Å². The Balaban J connectivity index is 1.68. The molecule has 2 unspecified atom stereocenters. The molecule has 0 saturated heterocycles. The van der Waals surface area contributed by atoms with E-state index in [0.717, 1.165) is 43.1 Å². The molecule has 0 spiro atoms. The summed E-state index contributed by atoms with van der Waals surface area (Å²) in [5.74, 6) is 3.40. The predicted octanol–water partition coefficient (Wildman–Crippen LogP) is 4.14. The number of ether oxygens (including phenoxy) is 1. The van der Waals surface area contributed by atoms with Gasteiger partial charge in [0.2, 0.25) is 0 Å². The van der Waals surface area contributed by atoms with Crippen LogP contribution >= 0.6 is 0 Å². The van der Waals surface area contributed by atoms with Crippen molar-refractivity contribution in [1.82, 2.24) is 5.32 Å². The van der Waals surface area contributed by atoms with E-state index in [-0.39, 0.29) is 0 Å². The van der Waals surface area contributed by atoms with Gasteiger partial charge in [-0.15, -0.1) is 0 Å². The first kappa shape index (κ1) is 14.9. The maximum atomic E-state index is 5.65. The Bertz CT molecular complexity index is 469. The molecule has 1 heterocycles. The van der Waals surface area contributed by atoms with Crippen molar-refractivity contribution >= 4 is 0 Å². The number of nitrogens with one attached hydrogen (secondary N) is 1. The minimum Gasteiger partial charge on any atom is -0.493 e. The lowest BCUT2D eigenvalue weighted by Gasteiger charge is -2.32.